The van der Waals surface area contributed by atoms with Crippen LogP contribution >= 0.6 is 0 Å². The van der Waals surface area contributed by atoms with E-state index in [0.29, 0.717) is 12.4 Å². The van der Waals surface area contributed by atoms with Gasteiger partial charge in [0, 0.05) is 24.9 Å². The van der Waals surface area contributed by atoms with Crippen LogP contribution in [0.4, 0.5) is 19.0 Å². The highest BCUT2D eigenvalue weighted by molar-refractivity contribution is 5.33. The Morgan fingerprint density at radius 1 is 1.17 bits per heavy atom. The van der Waals surface area contributed by atoms with Crippen LogP contribution in [0.15, 0.2) is 30.5 Å². The van der Waals surface area contributed by atoms with Crippen LogP contribution in [0.3, 0.4) is 0 Å². The molecule has 0 radical (unpaired) electrons. The molecule has 96 valence electrons. The minimum absolute atomic E-state index is 0.328. The standard InChI is InChI=1S/C11H11F3N4/c12-11(13,14)9-3-4-10(18-17-9)16-7-5-8-2-1-6-15-8/h1-4,6,15H,5,7H2,(H,16,18). The molecule has 0 amide bonds. The molecular weight excluding hydrogens is 245 g/mol. The smallest absolute Gasteiger partial charge is 0.368 e. The first kappa shape index (κ1) is 12.4. The highest BCUT2D eigenvalue weighted by Gasteiger charge is 2.32. The molecule has 0 aliphatic heterocycles. The lowest BCUT2D eigenvalue weighted by molar-refractivity contribution is -0.141. The molecule has 0 aliphatic carbocycles. The molecule has 4 nitrogen and oxygen atoms in total. The number of hydrogen-bond donors (Lipinski definition) is 2. The molecule has 18 heavy (non-hydrogen) atoms. The summed E-state index contributed by atoms with van der Waals surface area (Å²) in [7, 11) is 0. The van der Waals surface area contributed by atoms with Crippen LogP contribution in [-0.2, 0) is 12.6 Å². The fourth-order valence-corrected chi connectivity index (χ4v) is 1.43. The highest BCUT2D eigenvalue weighted by atomic mass is 19.4. The molecule has 0 fully saturated rings. The van der Waals surface area contributed by atoms with Gasteiger partial charge in [-0.3, -0.25) is 0 Å². The van der Waals surface area contributed by atoms with Gasteiger partial charge in [0.2, 0.25) is 0 Å². The summed E-state index contributed by atoms with van der Waals surface area (Å²) in [5.74, 6) is 0.328. The quantitative estimate of drug-likeness (QED) is 0.883. The van der Waals surface area contributed by atoms with Gasteiger partial charge in [0.25, 0.3) is 0 Å². The molecule has 0 atom stereocenters. The van der Waals surface area contributed by atoms with E-state index in [4.69, 9.17) is 0 Å². The molecule has 0 saturated carbocycles. The predicted molar refractivity (Wildman–Crippen MR) is 60.0 cm³/mol. The summed E-state index contributed by atoms with van der Waals surface area (Å²) in [6, 6.07) is 5.99. The van der Waals surface area contributed by atoms with Gasteiger partial charge in [0.15, 0.2) is 5.69 Å². The van der Waals surface area contributed by atoms with Crippen LogP contribution in [-0.4, -0.2) is 21.7 Å². The Hall–Kier alpha value is -2.05. The molecule has 0 aromatic carbocycles. The van der Waals surface area contributed by atoms with Gasteiger partial charge < -0.3 is 10.3 Å². The van der Waals surface area contributed by atoms with E-state index < -0.39 is 11.9 Å². The molecule has 0 spiro atoms. The Bertz CT molecular complexity index is 476. The Balaban J connectivity index is 1.87. The van der Waals surface area contributed by atoms with Gasteiger partial charge in [-0.25, -0.2) is 0 Å². The van der Waals surface area contributed by atoms with Crippen molar-refractivity contribution in [2.75, 3.05) is 11.9 Å². The van der Waals surface area contributed by atoms with Crippen molar-refractivity contribution in [1.82, 2.24) is 15.2 Å². The number of nitrogens with zero attached hydrogens (tertiary/aromatic N) is 2. The average molecular weight is 256 g/mol. The summed E-state index contributed by atoms with van der Waals surface area (Å²) in [5, 5.41) is 9.49. The Morgan fingerprint density at radius 3 is 2.56 bits per heavy atom. The predicted octanol–water partition coefficient (Wildman–Crippen LogP) is 2.48. The zero-order valence-electron chi connectivity index (χ0n) is 9.33. The SMILES string of the molecule is FC(F)(F)c1ccc(NCCc2ccc[nH]2)nn1. The van der Waals surface area contributed by atoms with Gasteiger partial charge in [-0.2, -0.15) is 13.2 Å². The van der Waals surface area contributed by atoms with Gasteiger partial charge >= 0.3 is 6.18 Å². The maximum absolute atomic E-state index is 12.2. The summed E-state index contributed by atoms with van der Waals surface area (Å²) >= 11 is 0. The molecular formula is C11H11F3N4. The number of nitrogens with one attached hydrogen (secondary N) is 2. The van der Waals surface area contributed by atoms with Gasteiger partial charge in [-0.1, -0.05) is 0 Å². The zero-order chi connectivity index (χ0) is 13.0. The van der Waals surface area contributed by atoms with E-state index in [2.05, 4.69) is 20.5 Å². The minimum Gasteiger partial charge on any atom is -0.368 e. The molecule has 0 aliphatic rings. The first-order valence-corrected chi connectivity index (χ1v) is 5.33. The largest absolute Gasteiger partial charge is 0.435 e. The van der Waals surface area contributed by atoms with Crippen LogP contribution in [0.1, 0.15) is 11.4 Å². The molecule has 2 rings (SSSR count). The van der Waals surface area contributed by atoms with Gasteiger partial charge in [-0.05, 0) is 24.3 Å². The maximum atomic E-state index is 12.2. The van der Waals surface area contributed by atoms with Crippen molar-refractivity contribution in [3.63, 3.8) is 0 Å². The number of anilines is 1. The average Bonchev–Trinajstić information content (AvgIpc) is 2.82. The van der Waals surface area contributed by atoms with Crippen molar-refractivity contribution in [1.29, 1.82) is 0 Å². The van der Waals surface area contributed by atoms with Crippen molar-refractivity contribution in [3.05, 3.63) is 41.9 Å². The van der Waals surface area contributed by atoms with Crippen molar-refractivity contribution < 1.29 is 13.2 Å². The molecule has 0 saturated heterocycles. The van der Waals surface area contributed by atoms with E-state index in [1.54, 1.807) is 0 Å². The third-order valence-electron chi connectivity index (χ3n) is 2.32. The molecule has 2 aromatic heterocycles. The lowest BCUT2D eigenvalue weighted by Crippen LogP contribution is -2.11. The number of H-pyrrole nitrogens is 1. The first-order chi connectivity index (χ1) is 8.55. The van der Waals surface area contributed by atoms with Gasteiger partial charge in [0.05, 0.1) is 0 Å². The number of alkyl halides is 3. The Labute approximate surface area is 101 Å². The fourth-order valence-electron chi connectivity index (χ4n) is 1.43. The molecule has 2 N–H and O–H groups in total. The third-order valence-corrected chi connectivity index (χ3v) is 2.32. The summed E-state index contributed by atoms with van der Waals surface area (Å²) in [4.78, 5) is 3.03. The molecule has 7 heteroatoms. The summed E-state index contributed by atoms with van der Waals surface area (Å²) in [5.41, 5.74) is 0.0554. The summed E-state index contributed by atoms with van der Waals surface area (Å²) in [6.07, 6.45) is -1.90. The second-order valence-corrected chi connectivity index (χ2v) is 3.67. The Kier molecular flexibility index (Phi) is 3.50. The lowest BCUT2D eigenvalue weighted by atomic mass is 10.3. The molecule has 2 aromatic rings. The number of halogens is 3. The van der Waals surface area contributed by atoms with Crippen LogP contribution in [0.5, 0.6) is 0 Å². The van der Waals surface area contributed by atoms with Crippen molar-refractivity contribution in [2.24, 2.45) is 0 Å². The van der Waals surface area contributed by atoms with Crippen molar-refractivity contribution >= 4 is 5.82 Å². The molecule has 0 unspecified atom stereocenters. The molecule has 0 bridgehead atoms. The summed E-state index contributed by atoms with van der Waals surface area (Å²) in [6.45, 7) is 0.570. The monoisotopic (exact) mass is 256 g/mol. The third kappa shape index (κ3) is 3.22. The number of rotatable bonds is 4. The summed E-state index contributed by atoms with van der Waals surface area (Å²) < 4.78 is 36.7. The van der Waals surface area contributed by atoms with Crippen LogP contribution in [0, 0.1) is 0 Å². The van der Waals surface area contributed by atoms with E-state index in [-0.39, 0.29) is 0 Å². The van der Waals surface area contributed by atoms with Crippen LogP contribution in [0.2, 0.25) is 0 Å². The first-order valence-electron chi connectivity index (χ1n) is 5.33. The molecule has 2 heterocycles. The van der Waals surface area contributed by atoms with Gasteiger partial charge in [0.1, 0.15) is 5.82 Å². The Morgan fingerprint density at radius 2 is 2.00 bits per heavy atom. The normalized spacial score (nSPS) is 11.5. The second-order valence-electron chi connectivity index (χ2n) is 3.67. The van der Waals surface area contributed by atoms with E-state index in [1.807, 2.05) is 18.3 Å². The highest BCUT2D eigenvalue weighted by Crippen LogP contribution is 2.26. The van der Waals surface area contributed by atoms with Crippen molar-refractivity contribution in [3.8, 4) is 0 Å². The van der Waals surface area contributed by atoms with Crippen LogP contribution in [0.25, 0.3) is 0 Å². The van der Waals surface area contributed by atoms with Crippen LogP contribution < -0.4 is 5.32 Å². The van der Waals surface area contributed by atoms with Gasteiger partial charge in [-0.15, -0.1) is 10.2 Å². The van der Waals surface area contributed by atoms with E-state index in [0.717, 1.165) is 18.2 Å². The number of hydrogen-bond acceptors (Lipinski definition) is 3. The fraction of sp³-hybridized carbons (Fsp3) is 0.273. The lowest BCUT2D eigenvalue weighted by Gasteiger charge is -2.06. The number of aromatic amines is 1. The van der Waals surface area contributed by atoms with E-state index >= 15 is 0 Å². The van der Waals surface area contributed by atoms with E-state index in [1.165, 1.54) is 6.07 Å². The van der Waals surface area contributed by atoms with E-state index in [9.17, 15) is 13.2 Å². The second kappa shape index (κ2) is 5.07. The zero-order valence-corrected chi connectivity index (χ0v) is 9.33. The number of aromatic nitrogens is 3. The van der Waals surface area contributed by atoms with Crippen molar-refractivity contribution in [2.45, 2.75) is 12.6 Å². The maximum Gasteiger partial charge on any atom is 0.435 e. The minimum atomic E-state index is -4.45. The topological polar surface area (TPSA) is 53.6 Å².